The minimum Gasteiger partial charge on any atom is -0.507 e. The van der Waals surface area contributed by atoms with Crippen molar-refractivity contribution in [1.82, 2.24) is 0 Å². The minimum atomic E-state index is -0.379. The van der Waals surface area contributed by atoms with E-state index in [1.807, 2.05) is 6.07 Å². The highest BCUT2D eigenvalue weighted by Crippen LogP contribution is 2.21. The number of para-hydroxylation sites is 2. The Labute approximate surface area is 99.1 Å². The minimum absolute atomic E-state index is 0.174. The second-order valence-electron chi connectivity index (χ2n) is 3.72. The predicted molar refractivity (Wildman–Crippen MR) is 66.5 cm³/mol. The Bertz CT molecular complexity index is 564. The third-order valence-corrected chi connectivity index (χ3v) is 2.46. The van der Waals surface area contributed by atoms with Crippen LogP contribution in [0.3, 0.4) is 0 Å². The van der Waals surface area contributed by atoms with Crippen LogP contribution in [-0.4, -0.2) is 11.3 Å². The van der Waals surface area contributed by atoms with Crippen molar-refractivity contribution in [1.29, 1.82) is 0 Å². The molecule has 0 fully saturated rings. The van der Waals surface area contributed by atoms with Crippen LogP contribution in [0.5, 0.6) is 5.75 Å². The summed E-state index contributed by atoms with van der Waals surface area (Å²) in [4.78, 5) is 4.02. The van der Waals surface area contributed by atoms with Crippen molar-refractivity contribution in [2.45, 2.75) is 6.92 Å². The van der Waals surface area contributed by atoms with Crippen LogP contribution in [0.25, 0.3) is 0 Å². The van der Waals surface area contributed by atoms with Crippen LogP contribution in [0.4, 0.5) is 10.1 Å². The Morgan fingerprint density at radius 3 is 2.65 bits per heavy atom. The number of aliphatic imine (C=N–C) groups is 1. The van der Waals surface area contributed by atoms with Crippen molar-refractivity contribution >= 4 is 11.9 Å². The van der Waals surface area contributed by atoms with Gasteiger partial charge in [0.15, 0.2) is 0 Å². The second kappa shape index (κ2) is 4.78. The van der Waals surface area contributed by atoms with Crippen LogP contribution < -0.4 is 0 Å². The maximum absolute atomic E-state index is 13.3. The van der Waals surface area contributed by atoms with E-state index in [9.17, 15) is 9.50 Å². The largest absolute Gasteiger partial charge is 0.507 e. The number of phenols is 1. The number of nitrogens with zero attached hydrogens (tertiary/aromatic N) is 1. The maximum atomic E-state index is 13.3. The smallest absolute Gasteiger partial charge is 0.148 e. The number of phenolic OH excluding ortho intramolecular Hbond substituents is 1. The van der Waals surface area contributed by atoms with Crippen molar-refractivity contribution in [2.24, 2.45) is 4.99 Å². The van der Waals surface area contributed by atoms with E-state index >= 15 is 0 Å². The van der Waals surface area contributed by atoms with Gasteiger partial charge in [-0.25, -0.2) is 4.39 Å². The molecule has 0 spiro atoms. The van der Waals surface area contributed by atoms with E-state index < -0.39 is 0 Å². The Morgan fingerprint density at radius 1 is 1.12 bits per heavy atom. The van der Waals surface area contributed by atoms with Gasteiger partial charge in [0, 0.05) is 11.8 Å². The SMILES string of the molecule is Cc1cccc(C=Nc2ccccc2F)c1O. The number of benzene rings is 2. The highest BCUT2D eigenvalue weighted by molar-refractivity contribution is 5.85. The van der Waals surface area contributed by atoms with E-state index in [0.29, 0.717) is 5.56 Å². The molecule has 0 amide bonds. The van der Waals surface area contributed by atoms with Gasteiger partial charge in [0.1, 0.15) is 11.6 Å². The van der Waals surface area contributed by atoms with E-state index in [-0.39, 0.29) is 17.3 Å². The van der Waals surface area contributed by atoms with Crippen molar-refractivity contribution < 1.29 is 9.50 Å². The van der Waals surface area contributed by atoms with E-state index in [1.54, 1.807) is 37.3 Å². The van der Waals surface area contributed by atoms with Crippen LogP contribution >= 0.6 is 0 Å². The number of halogens is 1. The number of rotatable bonds is 2. The van der Waals surface area contributed by atoms with Gasteiger partial charge in [-0.1, -0.05) is 24.3 Å². The van der Waals surface area contributed by atoms with E-state index in [2.05, 4.69) is 4.99 Å². The molecule has 17 heavy (non-hydrogen) atoms. The van der Waals surface area contributed by atoms with Crippen molar-refractivity contribution in [3.8, 4) is 5.75 Å². The summed E-state index contributed by atoms with van der Waals surface area (Å²) in [6.45, 7) is 1.80. The van der Waals surface area contributed by atoms with E-state index in [4.69, 9.17) is 0 Å². The molecule has 0 aliphatic rings. The van der Waals surface area contributed by atoms with Crippen molar-refractivity contribution in [3.05, 3.63) is 59.4 Å². The molecule has 1 N–H and O–H groups in total. The molecule has 0 saturated carbocycles. The average Bonchev–Trinajstić information content (AvgIpc) is 2.33. The Kier molecular flexibility index (Phi) is 3.19. The monoisotopic (exact) mass is 229 g/mol. The van der Waals surface area contributed by atoms with E-state index in [0.717, 1.165) is 5.56 Å². The third-order valence-electron chi connectivity index (χ3n) is 2.46. The summed E-state index contributed by atoms with van der Waals surface area (Å²) >= 11 is 0. The molecule has 0 atom stereocenters. The molecule has 0 bridgehead atoms. The summed E-state index contributed by atoms with van der Waals surface area (Å²) in [6, 6.07) is 11.6. The average molecular weight is 229 g/mol. The second-order valence-corrected chi connectivity index (χ2v) is 3.72. The summed E-state index contributed by atoms with van der Waals surface area (Å²) in [5, 5.41) is 9.76. The number of aryl methyl sites for hydroxylation is 1. The Balaban J connectivity index is 2.33. The molecule has 2 rings (SSSR count). The van der Waals surface area contributed by atoms with E-state index in [1.165, 1.54) is 12.3 Å². The maximum Gasteiger partial charge on any atom is 0.148 e. The van der Waals surface area contributed by atoms with Crippen LogP contribution in [0.1, 0.15) is 11.1 Å². The lowest BCUT2D eigenvalue weighted by atomic mass is 10.1. The molecule has 0 saturated heterocycles. The van der Waals surface area contributed by atoms with Gasteiger partial charge in [-0.3, -0.25) is 4.99 Å². The van der Waals surface area contributed by atoms with Crippen LogP contribution in [0.2, 0.25) is 0 Å². The lowest BCUT2D eigenvalue weighted by Crippen LogP contribution is -1.85. The molecule has 86 valence electrons. The molecule has 2 nitrogen and oxygen atoms in total. The molecular weight excluding hydrogens is 217 g/mol. The zero-order valence-corrected chi connectivity index (χ0v) is 9.39. The molecule has 0 aromatic heterocycles. The first-order valence-electron chi connectivity index (χ1n) is 5.25. The third kappa shape index (κ3) is 2.50. The van der Waals surface area contributed by atoms with Gasteiger partial charge in [-0.2, -0.15) is 0 Å². The van der Waals surface area contributed by atoms with Crippen LogP contribution in [0.15, 0.2) is 47.5 Å². The van der Waals surface area contributed by atoms with Gasteiger partial charge in [0.25, 0.3) is 0 Å². The first-order valence-corrected chi connectivity index (χ1v) is 5.25. The normalized spacial score (nSPS) is 10.9. The standard InChI is InChI=1S/C14H12FNO/c1-10-5-4-6-11(14(10)17)9-16-13-8-3-2-7-12(13)15/h2-9,17H,1H3. The summed E-state index contributed by atoms with van der Waals surface area (Å²) in [6.07, 6.45) is 1.46. The molecule has 0 aliphatic carbocycles. The highest BCUT2D eigenvalue weighted by atomic mass is 19.1. The molecule has 2 aromatic carbocycles. The van der Waals surface area contributed by atoms with Crippen molar-refractivity contribution in [3.63, 3.8) is 0 Å². The van der Waals surface area contributed by atoms with Crippen LogP contribution in [-0.2, 0) is 0 Å². The highest BCUT2D eigenvalue weighted by Gasteiger charge is 2.01. The molecule has 0 radical (unpaired) electrons. The fourth-order valence-electron chi connectivity index (χ4n) is 1.48. The molecular formula is C14H12FNO. The Hall–Kier alpha value is -2.16. The number of hydrogen-bond acceptors (Lipinski definition) is 2. The summed E-state index contributed by atoms with van der Waals surface area (Å²) in [7, 11) is 0. The molecule has 3 heteroatoms. The number of aromatic hydroxyl groups is 1. The number of hydrogen-bond donors (Lipinski definition) is 1. The first-order chi connectivity index (χ1) is 8.18. The van der Waals surface area contributed by atoms with Gasteiger partial charge in [-0.05, 0) is 30.7 Å². The van der Waals surface area contributed by atoms with Gasteiger partial charge < -0.3 is 5.11 Å². The fraction of sp³-hybridized carbons (Fsp3) is 0.0714. The molecule has 2 aromatic rings. The van der Waals surface area contributed by atoms with Gasteiger partial charge in [0.2, 0.25) is 0 Å². The van der Waals surface area contributed by atoms with Gasteiger partial charge >= 0.3 is 0 Å². The Morgan fingerprint density at radius 2 is 1.88 bits per heavy atom. The zero-order chi connectivity index (χ0) is 12.3. The first kappa shape index (κ1) is 11.3. The summed E-state index contributed by atoms with van der Waals surface area (Å²) in [5.74, 6) is -0.205. The summed E-state index contributed by atoms with van der Waals surface area (Å²) < 4.78 is 13.3. The fourth-order valence-corrected chi connectivity index (χ4v) is 1.48. The molecule has 0 heterocycles. The zero-order valence-electron chi connectivity index (χ0n) is 9.39. The van der Waals surface area contributed by atoms with Gasteiger partial charge in [-0.15, -0.1) is 0 Å². The molecule has 0 aliphatic heterocycles. The van der Waals surface area contributed by atoms with Crippen molar-refractivity contribution in [2.75, 3.05) is 0 Å². The van der Waals surface area contributed by atoms with Crippen LogP contribution in [0, 0.1) is 12.7 Å². The lowest BCUT2D eigenvalue weighted by Gasteiger charge is -2.01. The predicted octanol–water partition coefficient (Wildman–Crippen LogP) is 3.59. The topological polar surface area (TPSA) is 32.6 Å². The lowest BCUT2D eigenvalue weighted by molar-refractivity contribution is 0.470. The van der Waals surface area contributed by atoms with Gasteiger partial charge in [0.05, 0.1) is 5.69 Å². The quantitative estimate of drug-likeness (QED) is 0.784. The molecule has 0 unspecified atom stereocenters. The summed E-state index contributed by atoms with van der Waals surface area (Å²) in [5.41, 5.74) is 1.60.